The molecule has 0 aromatic rings. The van der Waals surface area contributed by atoms with E-state index < -0.39 is 97.2 Å². The lowest BCUT2D eigenvalue weighted by atomic mass is 10.1. The lowest BCUT2D eigenvalue weighted by Gasteiger charge is -2.29. The van der Waals surface area contributed by atoms with Crippen molar-refractivity contribution in [2.75, 3.05) is 19.7 Å². The minimum Gasteiger partial charge on any atom is -0.481 e. The number of aliphatic carboxylic acids is 4. The number of nitrogens with zero attached hydrogens (tertiary/aromatic N) is 2. The number of aliphatic hydroxyl groups is 1. The Balaban J connectivity index is 0.00000454. The number of guanidine groups is 1. The number of nitrogens with two attached hydrogens (primary N) is 3. The minimum atomic E-state index is -1.73. The summed E-state index contributed by atoms with van der Waals surface area (Å²) in [5, 5.41) is 51.0. The first-order chi connectivity index (χ1) is 20.9. The van der Waals surface area contributed by atoms with E-state index in [9.17, 15) is 48.9 Å². The van der Waals surface area contributed by atoms with Crippen LogP contribution in [0.3, 0.4) is 0 Å². The van der Waals surface area contributed by atoms with Gasteiger partial charge in [-0.15, -0.1) is 0 Å². The Bertz CT molecular complexity index is 1120. The molecule has 1 aliphatic rings. The number of aliphatic imine (C=N–C) groups is 1. The molecule has 1 fully saturated rings. The van der Waals surface area contributed by atoms with Crippen LogP contribution in [0.2, 0.25) is 0 Å². The molecule has 0 spiro atoms. The van der Waals surface area contributed by atoms with Crippen molar-refractivity contribution < 1.29 is 63.9 Å². The summed E-state index contributed by atoms with van der Waals surface area (Å²) >= 11 is 0. The highest BCUT2D eigenvalue weighted by Crippen LogP contribution is 2.20. The number of carboxylic acid groups (broad SMARTS) is 4. The number of carboxylic acids is 4. The number of likely N-dealkylation sites (tertiary alicyclic amines) is 1. The van der Waals surface area contributed by atoms with E-state index in [1.807, 2.05) is 5.32 Å². The molecular weight excluding hydrogens is 608 g/mol. The molecule has 5 atom stereocenters. The molecule has 1 saturated heterocycles. The van der Waals surface area contributed by atoms with E-state index in [0.29, 0.717) is 6.42 Å². The quantitative estimate of drug-likeness (QED) is 0.0399. The van der Waals surface area contributed by atoms with Crippen LogP contribution in [0, 0.1) is 0 Å². The second-order valence-electron chi connectivity index (χ2n) is 9.66. The number of carbonyl (C=O) groups is 8. The summed E-state index contributed by atoms with van der Waals surface area (Å²) in [4.78, 5) is 98.5. The summed E-state index contributed by atoms with van der Waals surface area (Å²) in [6.07, 6.45) is -1.07. The van der Waals surface area contributed by atoms with E-state index in [-0.39, 0.29) is 38.3 Å². The second-order valence-corrected chi connectivity index (χ2v) is 9.66. The zero-order chi connectivity index (χ0) is 34.9. The van der Waals surface area contributed by atoms with Crippen LogP contribution in [0.25, 0.3) is 0 Å². The fourth-order valence-corrected chi connectivity index (χ4v) is 3.93. The van der Waals surface area contributed by atoms with Crippen LogP contribution in [-0.4, -0.2) is 134 Å². The van der Waals surface area contributed by atoms with E-state index in [1.165, 1.54) is 0 Å². The Morgan fingerprint density at radius 3 is 1.91 bits per heavy atom. The van der Waals surface area contributed by atoms with Crippen molar-refractivity contribution >= 4 is 53.5 Å². The zero-order valence-corrected chi connectivity index (χ0v) is 24.4. The van der Waals surface area contributed by atoms with E-state index in [2.05, 4.69) is 15.6 Å². The second kappa shape index (κ2) is 20.0. The van der Waals surface area contributed by atoms with Gasteiger partial charge in [-0.3, -0.25) is 38.6 Å². The van der Waals surface area contributed by atoms with Gasteiger partial charge in [0.15, 0.2) is 5.96 Å². The molecule has 14 N–H and O–H groups in total. The lowest BCUT2D eigenvalue weighted by Crippen LogP contribution is -2.59. The predicted octanol–water partition coefficient (Wildman–Crippen LogP) is -5.07. The maximum atomic E-state index is 13.3. The molecule has 0 radical (unpaired) electrons. The molecule has 0 aromatic heterocycles. The smallest absolute Gasteiger partial charge is 0.326 e. The number of nitrogens with one attached hydrogen (secondary N) is 3. The monoisotopic (exact) mass is 648 g/mol. The van der Waals surface area contributed by atoms with Crippen molar-refractivity contribution in [3.63, 3.8) is 0 Å². The molecule has 5 unspecified atom stereocenters. The van der Waals surface area contributed by atoms with Crippen molar-refractivity contribution in [3.05, 3.63) is 0 Å². The van der Waals surface area contributed by atoms with Gasteiger partial charge in [0, 0.05) is 20.0 Å². The summed E-state index contributed by atoms with van der Waals surface area (Å²) < 4.78 is 0. The molecule has 0 saturated carbocycles. The Kier molecular flexibility index (Phi) is 17.8. The molecule has 0 aliphatic carbocycles. The molecule has 4 amide bonds. The van der Waals surface area contributed by atoms with Gasteiger partial charge in [-0.05, 0) is 25.7 Å². The molecule has 21 nitrogen and oxygen atoms in total. The molecule has 0 bridgehead atoms. The summed E-state index contributed by atoms with van der Waals surface area (Å²) in [6, 6.07) is -7.50. The summed E-state index contributed by atoms with van der Waals surface area (Å²) in [7, 11) is 0. The number of carbonyl (C=O) groups excluding carboxylic acids is 4. The van der Waals surface area contributed by atoms with Crippen LogP contribution < -0.4 is 33.2 Å². The first-order valence-electron chi connectivity index (χ1n) is 13.4. The molecule has 1 aliphatic heterocycles. The predicted molar refractivity (Wildman–Crippen MR) is 151 cm³/mol. The van der Waals surface area contributed by atoms with Crippen molar-refractivity contribution in [2.24, 2.45) is 22.2 Å². The maximum Gasteiger partial charge on any atom is 0.326 e. The van der Waals surface area contributed by atoms with Gasteiger partial charge in [0.05, 0.1) is 25.5 Å². The zero-order valence-electron chi connectivity index (χ0n) is 24.4. The third-order valence-electron chi connectivity index (χ3n) is 5.94. The van der Waals surface area contributed by atoms with Crippen LogP contribution in [0.15, 0.2) is 4.99 Å². The topological polar surface area (TPSA) is 367 Å². The Hall–Kier alpha value is -5.05. The van der Waals surface area contributed by atoms with Gasteiger partial charge < -0.3 is 63.6 Å². The fraction of sp³-hybridized carbons (Fsp3) is 0.625. The van der Waals surface area contributed by atoms with Crippen molar-refractivity contribution in [3.8, 4) is 0 Å². The number of hydrogen-bond donors (Lipinski definition) is 11. The van der Waals surface area contributed by atoms with Gasteiger partial charge in [0.1, 0.15) is 24.2 Å². The minimum absolute atomic E-state index is 0.00462. The number of hydrogen-bond acceptors (Lipinski definition) is 11. The van der Waals surface area contributed by atoms with Crippen molar-refractivity contribution in [1.82, 2.24) is 20.9 Å². The summed E-state index contributed by atoms with van der Waals surface area (Å²) in [5.41, 5.74) is 15.9. The summed E-state index contributed by atoms with van der Waals surface area (Å²) in [5.74, 6) is -9.28. The summed E-state index contributed by atoms with van der Waals surface area (Å²) in [6.45, 7) is 0.197. The average Bonchev–Trinajstić information content (AvgIpc) is 3.41. The van der Waals surface area contributed by atoms with Gasteiger partial charge >= 0.3 is 17.9 Å². The van der Waals surface area contributed by atoms with E-state index in [4.69, 9.17) is 32.2 Å². The lowest BCUT2D eigenvalue weighted by molar-refractivity contribution is -0.147. The highest BCUT2D eigenvalue weighted by atomic mass is 16.4. The Morgan fingerprint density at radius 1 is 0.867 bits per heavy atom. The normalized spacial score (nSPS) is 16.3. The van der Waals surface area contributed by atoms with Crippen molar-refractivity contribution in [2.45, 2.75) is 75.7 Å². The maximum absolute atomic E-state index is 13.3. The van der Waals surface area contributed by atoms with Crippen LogP contribution in [0.5, 0.6) is 0 Å². The SMILES string of the molecule is CC(=O)O.NC(N)=NCCCC(NC(=O)C1CCCN1C(=O)C(CC(=O)O)NC(=O)C(CO)NC(=O)C(N)CC(=O)O)C(=O)O. The molecule has 254 valence electrons. The van der Waals surface area contributed by atoms with Gasteiger partial charge in [0.2, 0.25) is 23.6 Å². The van der Waals surface area contributed by atoms with Crippen molar-refractivity contribution in [1.29, 1.82) is 0 Å². The third kappa shape index (κ3) is 15.8. The Labute approximate surface area is 256 Å². The van der Waals surface area contributed by atoms with Crippen LogP contribution in [0.1, 0.15) is 45.4 Å². The van der Waals surface area contributed by atoms with Gasteiger partial charge in [0.25, 0.3) is 5.97 Å². The van der Waals surface area contributed by atoms with Crippen LogP contribution >= 0.6 is 0 Å². The number of rotatable bonds is 17. The third-order valence-corrected chi connectivity index (χ3v) is 5.94. The molecule has 21 heteroatoms. The molecule has 1 heterocycles. The molecule has 45 heavy (non-hydrogen) atoms. The van der Waals surface area contributed by atoms with Crippen LogP contribution in [-0.2, 0) is 38.4 Å². The number of amides is 4. The van der Waals surface area contributed by atoms with Gasteiger partial charge in [-0.1, -0.05) is 0 Å². The highest BCUT2D eigenvalue weighted by Gasteiger charge is 2.40. The van der Waals surface area contributed by atoms with E-state index in [0.717, 1.165) is 11.8 Å². The van der Waals surface area contributed by atoms with Crippen LogP contribution in [0.4, 0.5) is 0 Å². The van der Waals surface area contributed by atoms with Gasteiger partial charge in [-0.2, -0.15) is 0 Å². The standard InChI is InChI=1S/C22H36N8O11.C2H4O2/c23-10(7-15(32)33)17(36)29-13(9-31)18(37)28-12(8-16(34)35)20(39)30-6-2-4-14(30)19(38)27-11(21(40)41)3-1-5-26-22(24)25;1-2(3)4/h10-14,31H,1-9,23H2,(H,27,38)(H,28,37)(H,29,36)(H,32,33)(H,34,35)(H,40,41)(H4,24,25,26);1H3,(H,3,4). The van der Waals surface area contributed by atoms with Gasteiger partial charge in [-0.25, -0.2) is 4.79 Å². The molecule has 1 rings (SSSR count). The fourth-order valence-electron chi connectivity index (χ4n) is 3.93. The number of aliphatic hydroxyl groups excluding tert-OH is 1. The van der Waals surface area contributed by atoms with E-state index >= 15 is 0 Å². The largest absolute Gasteiger partial charge is 0.481 e. The molecular formula is C24H40N8O13. The highest BCUT2D eigenvalue weighted by molar-refractivity contribution is 5.97. The first-order valence-corrected chi connectivity index (χ1v) is 13.4. The molecule has 0 aromatic carbocycles. The average molecular weight is 649 g/mol. The van der Waals surface area contributed by atoms with E-state index in [1.54, 1.807) is 0 Å². The first kappa shape index (κ1) is 39.9. The Morgan fingerprint density at radius 2 is 1.42 bits per heavy atom.